The molecule has 0 aromatic rings. The van der Waals surface area contributed by atoms with Crippen molar-refractivity contribution in [3.05, 3.63) is 0 Å². The molecule has 6 nitrogen and oxygen atoms in total. The van der Waals surface area contributed by atoms with Crippen molar-refractivity contribution in [2.75, 3.05) is 46.7 Å². The number of hydrogen-bond donors (Lipinski definition) is 2. The summed E-state index contributed by atoms with van der Waals surface area (Å²) in [6.07, 6.45) is 1.51. The number of nitrogens with two attached hydrogens (primary N) is 1. The van der Waals surface area contributed by atoms with Gasteiger partial charge in [-0.05, 0) is 26.3 Å². The molecule has 0 rings (SSSR count). The van der Waals surface area contributed by atoms with E-state index in [0.29, 0.717) is 39.5 Å². The van der Waals surface area contributed by atoms with Gasteiger partial charge in [0.2, 0.25) is 5.91 Å². The van der Waals surface area contributed by atoms with E-state index in [2.05, 4.69) is 5.32 Å². The summed E-state index contributed by atoms with van der Waals surface area (Å²) in [6.45, 7) is 7.28. The first-order chi connectivity index (χ1) is 9.06. The molecular formula is C13H28N2O4. The van der Waals surface area contributed by atoms with Crippen LogP contribution in [0.4, 0.5) is 0 Å². The van der Waals surface area contributed by atoms with Crippen LogP contribution in [-0.2, 0) is 19.0 Å². The lowest BCUT2D eigenvalue weighted by Crippen LogP contribution is -2.54. The van der Waals surface area contributed by atoms with Crippen LogP contribution >= 0.6 is 0 Å². The van der Waals surface area contributed by atoms with Gasteiger partial charge in [-0.1, -0.05) is 6.92 Å². The van der Waals surface area contributed by atoms with Gasteiger partial charge in [0.15, 0.2) is 0 Å². The summed E-state index contributed by atoms with van der Waals surface area (Å²) < 4.78 is 15.5. The molecule has 0 saturated heterocycles. The molecule has 0 spiro atoms. The number of hydrogen-bond acceptors (Lipinski definition) is 5. The topological polar surface area (TPSA) is 82.8 Å². The Hall–Kier alpha value is -0.690. The number of carbonyl (C=O) groups is 1. The van der Waals surface area contributed by atoms with Crippen molar-refractivity contribution in [1.82, 2.24) is 5.32 Å². The van der Waals surface area contributed by atoms with Crippen LogP contribution in [0.5, 0.6) is 0 Å². The summed E-state index contributed by atoms with van der Waals surface area (Å²) >= 11 is 0. The molecule has 6 heteroatoms. The highest BCUT2D eigenvalue weighted by Gasteiger charge is 2.29. The van der Waals surface area contributed by atoms with Gasteiger partial charge < -0.3 is 25.3 Å². The van der Waals surface area contributed by atoms with E-state index in [0.717, 1.165) is 13.0 Å². The molecule has 1 amide bonds. The molecule has 1 unspecified atom stereocenters. The van der Waals surface area contributed by atoms with Crippen molar-refractivity contribution in [2.45, 2.75) is 32.2 Å². The smallest absolute Gasteiger partial charge is 0.237 e. The van der Waals surface area contributed by atoms with Gasteiger partial charge in [-0.2, -0.15) is 0 Å². The van der Waals surface area contributed by atoms with Crippen molar-refractivity contribution in [1.29, 1.82) is 0 Å². The number of rotatable bonds is 13. The molecule has 0 bridgehead atoms. The zero-order valence-electron chi connectivity index (χ0n) is 12.4. The van der Waals surface area contributed by atoms with Crippen molar-refractivity contribution in [2.24, 2.45) is 5.73 Å². The third-order valence-corrected chi connectivity index (χ3v) is 2.86. The predicted octanol–water partition coefficient (Wildman–Crippen LogP) is 0.300. The highest BCUT2D eigenvalue weighted by molar-refractivity contribution is 5.84. The lowest BCUT2D eigenvalue weighted by Gasteiger charge is -2.27. The van der Waals surface area contributed by atoms with Crippen LogP contribution in [0.2, 0.25) is 0 Å². The Kier molecular flexibility index (Phi) is 10.8. The fraction of sp³-hybridized carbons (Fsp3) is 0.923. The van der Waals surface area contributed by atoms with E-state index < -0.39 is 5.54 Å². The van der Waals surface area contributed by atoms with Gasteiger partial charge >= 0.3 is 0 Å². The Labute approximate surface area is 116 Å². The zero-order valence-corrected chi connectivity index (χ0v) is 12.4. The molecular weight excluding hydrogens is 248 g/mol. The third kappa shape index (κ3) is 8.93. The van der Waals surface area contributed by atoms with E-state index in [4.69, 9.17) is 19.9 Å². The third-order valence-electron chi connectivity index (χ3n) is 2.86. The summed E-state index contributed by atoms with van der Waals surface area (Å²) in [5.41, 5.74) is 4.71. The molecule has 114 valence electrons. The fourth-order valence-corrected chi connectivity index (χ4v) is 1.44. The van der Waals surface area contributed by atoms with E-state index in [1.165, 1.54) is 0 Å². The molecule has 0 radical (unpaired) electrons. The molecule has 0 fully saturated rings. The second kappa shape index (κ2) is 11.2. The molecule has 0 aliphatic carbocycles. The second-order valence-electron chi connectivity index (χ2n) is 4.59. The first kappa shape index (κ1) is 18.3. The van der Waals surface area contributed by atoms with Gasteiger partial charge in [0.1, 0.15) is 0 Å². The van der Waals surface area contributed by atoms with Crippen molar-refractivity contribution < 1.29 is 19.0 Å². The Balaban J connectivity index is 3.67. The molecule has 0 aromatic heterocycles. The van der Waals surface area contributed by atoms with E-state index in [1.807, 2.05) is 13.8 Å². The first-order valence-electron chi connectivity index (χ1n) is 6.76. The van der Waals surface area contributed by atoms with Gasteiger partial charge in [-0.25, -0.2) is 0 Å². The minimum atomic E-state index is -0.701. The quantitative estimate of drug-likeness (QED) is 0.473. The largest absolute Gasteiger partial charge is 0.382 e. The number of ether oxygens (including phenoxy) is 3. The number of methoxy groups -OCH3 is 1. The molecule has 0 aliphatic rings. The zero-order chi connectivity index (χ0) is 14.6. The highest BCUT2D eigenvalue weighted by atomic mass is 16.5. The van der Waals surface area contributed by atoms with Crippen LogP contribution < -0.4 is 11.1 Å². The van der Waals surface area contributed by atoms with E-state index in [-0.39, 0.29) is 5.91 Å². The summed E-state index contributed by atoms with van der Waals surface area (Å²) in [4.78, 5) is 11.4. The Bertz CT molecular complexity index is 239. The molecule has 0 aromatic carbocycles. The molecule has 19 heavy (non-hydrogen) atoms. The van der Waals surface area contributed by atoms with Crippen LogP contribution in [0.15, 0.2) is 0 Å². The first-order valence-corrected chi connectivity index (χ1v) is 6.76. The lowest BCUT2D eigenvalue weighted by atomic mass is 9.97. The summed E-state index contributed by atoms with van der Waals surface area (Å²) in [5.74, 6) is -0.346. The Morgan fingerprint density at radius 3 is 2.26 bits per heavy atom. The van der Waals surface area contributed by atoms with Crippen molar-refractivity contribution in [3.63, 3.8) is 0 Å². The minimum Gasteiger partial charge on any atom is -0.382 e. The fourth-order valence-electron chi connectivity index (χ4n) is 1.44. The summed E-state index contributed by atoms with van der Waals surface area (Å²) in [5, 5.41) is 3.16. The molecule has 0 saturated carbocycles. The Morgan fingerprint density at radius 1 is 1.16 bits per heavy atom. The second-order valence-corrected chi connectivity index (χ2v) is 4.59. The maximum absolute atomic E-state index is 11.4. The van der Waals surface area contributed by atoms with Gasteiger partial charge in [0.25, 0.3) is 0 Å². The number of amides is 1. The van der Waals surface area contributed by atoms with E-state index in [1.54, 1.807) is 7.11 Å². The van der Waals surface area contributed by atoms with Gasteiger partial charge in [-0.3, -0.25) is 4.79 Å². The van der Waals surface area contributed by atoms with Crippen molar-refractivity contribution >= 4 is 5.91 Å². The normalized spacial score (nSPS) is 14.3. The molecule has 1 atom stereocenters. The lowest BCUT2D eigenvalue weighted by molar-refractivity contribution is -0.124. The van der Waals surface area contributed by atoms with Gasteiger partial charge in [-0.15, -0.1) is 0 Å². The van der Waals surface area contributed by atoms with Gasteiger partial charge in [0, 0.05) is 13.7 Å². The maximum atomic E-state index is 11.4. The highest BCUT2D eigenvalue weighted by Crippen LogP contribution is 2.09. The van der Waals surface area contributed by atoms with Crippen LogP contribution in [-0.4, -0.2) is 58.1 Å². The minimum absolute atomic E-state index is 0.346. The van der Waals surface area contributed by atoms with E-state index >= 15 is 0 Å². The number of primary amides is 1. The standard InChI is InChI=1S/C13H28N2O4/c1-4-6-15-13(2,12(14)16)5-7-18-10-11-19-9-8-17-3/h15H,4-11H2,1-3H3,(H2,14,16). The average molecular weight is 276 g/mol. The van der Waals surface area contributed by atoms with E-state index in [9.17, 15) is 4.79 Å². The van der Waals surface area contributed by atoms with Gasteiger partial charge in [0.05, 0.1) is 32.0 Å². The van der Waals surface area contributed by atoms with Crippen LogP contribution in [0.25, 0.3) is 0 Å². The summed E-state index contributed by atoms with van der Waals surface area (Å²) in [6, 6.07) is 0. The van der Waals surface area contributed by atoms with Crippen LogP contribution in [0.1, 0.15) is 26.7 Å². The SMILES string of the molecule is CCCNC(C)(CCOCCOCCOC)C(N)=O. The maximum Gasteiger partial charge on any atom is 0.237 e. The average Bonchev–Trinajstić information content (AvgIpc) is 2.39. The summed E-state index contributed by atoms with van der Waals surface area (Å²) in [7, 11) is 1.63. The van der Waals surface area contributed by atoms with Crippen LogP contribution in [0.3, 0.4) is 0 Å². The Morgan fingerprint density at radius 2 is 1.74 bits per heavy atom. The molecule has 3 N–H and O–H groups in total. The molecule has 0 heterocycles. The van der Waals surface area contributed by atoms with Crippen LogP contribution in [0, 0.1) is 0 Å². The monoisotopic (exact) mass is 276 g/mol. The predicted molar refractivity (Wildman–Crippen MR) is 74.0 cm³/mol. The number of nitrogens with one attached hydrogen (secondary N) is 1. The number of carbonyl (C=O) groups excluding carboxylic acids is 1. The molecule has 0 aliphatic heterocycles. The van der Waals surface area contributed by atoms with Crippen molar-refractivity contribution in [3.8, 4) is 0 Å².